The highest BCUT2D eigenvalue weighted by molar-refractivity contribution is 5.93. The normalized spacial score (nSPS) is 27.3. The van der Waals surface area contributed by atoms with Gasteiger partial charge >= 0.3 is 0 Å². The van der Waals surface area contributed by atoms with Crippen molar-refractivity contribution >= 4 is 36.1 Å². The molecule has 2 unspecified atom stereocenters. The zero-order chi connectivity index (χ0) is 25.0. The summed E-state index contributed by atoms with van der Waals surface area (Å²) in [4.78, 5) is 43.0. The maximum Gasteiger partial charge on any atom is 0.243 e. The van der Waals surface area contributed by atoms with Gasteiger partial charge < -0.3 is 27.8 Å². The Hall–Kier alpha value is -2.81. The SMILES string of the molecule is Cl.NC(=O)C(Cc1ccccc1)NC(=O)C(CCCN=C(N)N)NC(=O)C12CC3CC(CC(C3)C1)C2. The van der Waals surface area contributed by atoms with Gasteiger partial charge in [-0.15, -0.1) is 12.4 Å². The van der Waals surface area contributed by atoms with Gasteiger partial charge in [0.15, 0.2) is 5.96 Å². The van der Waals surface area contributed by atoms with E-state index in [0.29, 0.717) is 37.1 Å². The van der Waals surface area contributed by atoms with Crippen LogP contribution in [0.2, 0.25) is 0 Å². The van der Waals surface area contributed by atoms with Crippen LogP contribution < -0.4 is 27.8 Å². The molecule has 5 rings (SSSR count). The van der Waals surface area contributed by atoms with Gasteiger partial charge in [0.1, 0.15) is 12.1 Å². The number of amides is 3. The number of carbonyl (C=O) groups is 3. The number of benzene rings is 1. The van der Waals surface area contributed by atoms with Gasteiger partial charge in [-0.3, -0.25) is 19.4 Å². The average Bonchev–Trinajstić information content (AvgIpc) is 2.80. The summed E-state index contributed by atoms with van der Waals surface area (Å²) in [5.41, 5.74) is 17.0. The fourth-order valence-corrected chi connectivity index (χ4v) is 6.82. The maximum absolute atomic E-state index is 13.6. The number of rotatable bonds is 11. The van der Waals surface area contributed by atoms with Crippen LogP contribution in [0.15, 0.2) is 35.3 Å². The number of nitrogens with two attached hydrogens (primary N) is 3. The molecule has 4 saturated carbocycles. The molecule has 0 heterocycles. The minimum atomic E-state index is -0.874. The van der Waals surface area contributed by atoms with Crippen molar-refractivity contribution in [3.8, 4) is 0 Å². The topological polar surface area (TPSA) is 166 Å². The Kier molecular flexibility index (Phi) is 9.22. The van der Waals surface area contributed by atoms with E-state index < -0.39 is 23.9 Å². The molecule has 198 valence electrons. The largest absolute Gasteiger partial charge is 0.370 e. The molecule has 9 nitrogen and oxygen atoms in total. The van der Waals surface area contributed by atoms with Crippen molar-refractivity contribution in [2.45, 2.75) is 69.9 Å². The summed E-state index contributed by atoms with van der Waals surface area (Å²) < 4.78 is 0. The lowest BCUT2D eigenvalue weighted by atomic mass is 9.49. The molecular formula is C26H39ClN6O3. The Morgan fingerprint density at radius 3 is 2.03 bits per heavy atom. The van der Waals surface area contributed by atoms with Gasteiger partial charge in [-0.2, -0.15) is 0 Å². The van der Waals surface area contributed by atoms with Crippen molar-refractivity contribution in [3.63, 3.8) is 0 Å². The first kappa shape index (κ1) is 27.8. The van der Waals surface area contributed by atoms with Gasteiger partial charge in [0.25, 0.3) is 0 Å². The molecule has 3 amide bonds. The van der Waals surface area contributed by atoms with Gasteiger partial charge in [0.05, 0.1) is 0 Å². The quantitative estimate of drug-likeness (QED) is 0.169. The van der Waals surface area contributed by atoms with Crippen molar-refractivity contribution in [1.82, 2.24) is 10.6 Å². The molecule has 2 atom stereocenters. The molecule has 4 aliphatic carbocycles. The fraction of sp³-hybridized carbons (Fsp3) is 0.615. The molecule has 1 aromatic carbocycles. The molecule has 0 saturated heterocycles. The summed E-state index contributed by atoms with van der Waals surface area (Å²) >= 11 is 0. The fourth-order valence-electron chi connectivity index (χ4n) is 6.82. The van der Waals surface area contributed by atoms with E-state index >= 15 is 0 Å². The molecule has 8 N–H and O–H groups in total. The standard InChI is InChI=1S/C26H38N6O3.ClH/c27-22(33)21(12-16-5-2-1-3-6-16)31-23(34)20(7-4-8-30-25(28)29)32-24(35)26-13-17-9-18(14-26)11-19(10-17)15-26;/h1-3,5-6,17-21H,4,7-15H2,(H2,27,33)(H,31,34)(H,32,35)(H4,28,29,30);1H. The second-order valence-electron chi connectivity index (χ2n) is 10.8. The summed E-state index contributed by atoms with van der Waals surface area (Å²) in [6.07, 6.45) is 7.57. The van der Waals surface area contributed by atoms with Crippen molar-refractivity contribution in [2.24, 2.45) is 45.4 Å². The number of guanidine groups is 1. The molecule has 1 aromatic rings. The third-order valence-corrected chi connectivity index (χ3v) is 8.03. The zero-order valence-electron chi connectivity index (χ0n) is 20.7. The number of nitrogens with one attached hydrogen (secondary N) is 2. The van der Waals surface area contributed by atoms with Crippen molar-refractivity contribution < 1.29 is 14.4 Å². The minimum absolute atomic E-state index is 0. The lowest BCUT2D eigenvalue weighted by Crippen LogP contribution is -2.58. The van der Waals surface area contributed by atoms with Crippen LogP contribution in [0.25, 0.3) is 0 Å². The molecule has 0 aliphatic heterocycles. The smallest absolute Gasteiger partial charge is 0.243 e. The number of carbonyl (C=O) groups excluding carboxylic acids is 3. The van der Waals surface area contributed by atoms with E-state index in [2.05, 4.69) is 15.6 Å². The second kappa shape index (κ2) is 12.0. The Bertz CT molecular complexity index is 930. The molecule has 36 heavy (non-hydrogen) atoms. The van der Waals surface area contributed by atoms with Crippen LogP contribution >= 0.6 is 12.4 Å². The average molecular weight is 519 g/mol. The molecule has 4 bridgehead atoms. The number of hydrogen-bond donors (Lipinski definition) is 5. The van der Waals surface area contributed by atoms with Crippen LogP contribution in [-0.2, 0) is 20.8 Å². The third-order valence-electron chi connectivity index (χ3n) is 8.03. The van der Waals surface area contributed by atoms with Crippen LogP contribution in [0.1, 0.15) is 56.9 Å². The summed E-state index contributed by atoms with van der Waals surface area (Å²) in [5.74, 6) is 0.780. The molecular weight excluding hydrogens is 480 g/mol. The van der Waals surface area contributed by atoms with Crippen molar-refractivity contribution in [2.75, 3.05) is 6.54 Å². The maximum atomic E-state index is 13.6. The molecule has 4 fully saturated rings. The number of nitrogens with zero attached hydrogens (tertiary/aromatic N) is 1. The Labute approximate surface area is 218 Å². The van der Waals surface area contributed by atoms with Gasteiger partial charge in [0, 0.05) is 18.4 Å². The van der Waals surface area contributed by atoms with Gasteiger partial charge in [-0.25, -0.2) is 0 Å². The van der Waals surface area contributed by atoms with Crippen molar-refractivity contribution in [1.29, 1.82) is 0 Å². The number of halogens is 1. The number of aliphatic imine (C=N–C) groups is 1. The monoisotopic (exact) mass is 518 g/mol. The van der Waals surface area contributed by atoms with Crippen LogP contribution in [0.3, 0.4) is 0 Å². The summed E-state index contributed by atoms with van der Waals surface area (Å²) in [6, 6.07) is 7.71. The van der Waals surface area contributed by atoms with E-state index in [-0.39, 0.29) is 36.1 Å². The van der Waals surface area contributed by atoms with Gasteiger partial charge in [-0.1, -0.05) is 30.3 Å². The molecule has 4 aliphatic rings. The Morgan fingerprint density at radius 2 is 1.50 bits per heavy atom. The zero-order valence-corrected chi connectivity index (χ0v) is 21.5. The van der Waals surface area contributed by atoms with Crippen LogP contribution in [0, 0.1) is 23.2 Å². The predicted molar refractivity (Wildman–Crippen MR) is 141 cm³/mol. The first-order valence-corrected chi connectivity index (χ1v) is 12.7. The summed E-state index contributed by atoms with van der Waals surface area (Å²) in [5, 5.41) is 5.84. The van der Waals surface area contributed by atoms with Gasteiger partial charge in [0.2, 0.25) is 17.7 Å². The Balaban J connectivity index is 0.00000361. The van der Waals surface area contributed by atoms with E-state index in [1.165, 1.54) is 19.3 Å². The van der Waals surface area contributed by atoms with E-state index in [0.717, 1.165) is 24.8 Å². The second-order valence-corrected chi connectivity index (χ2v) is 10.8. The van der Waals surface area contributed by atoms with Crippen LogP contribution in [0.4, 0.5) is 0 Å². The summed E-state index contributed by atoms with van der Waals surface area (Å²) in [7, 11) is 0. The lowest BCUT2D eigenvalue weighted by molar-refractivity contribution is -0.148. The first-order chi connectivity index (χ1) is 16.7. The Morgan fingerprint density at radius 1 is 0.917 bits per heavy atom. The third kappa shape index (κ3) is 6.69. The molecule has 0 aromatic heterocycles. The lowest BCUT2D eigenvalue weighted by Gasteiger charge is -2.55. The van der Waals surface area contributed by atoms with E-state index in [9.17, 15) is 14.4 Å². The van der Waals surface area contributed by atoms with Crippen molar-refractivity contribution in [3.05, 3.63) is 35.9 Å². The minimum Gasteiger partial charge on any atom is -0.370 e. The number of hydrogen-bond acceptors (Lipinski definition) is 4. The van der Waals surface area contributed by atoms with Crippen LogP contribution in [-0.4, -0.2) is 42.3 Å². The highest BCUT2D eigenvalue weighted by Gasteiger charge is 2.55. The predicted octanol–water partition coefficient (Wildman–Crippen LogP) is 1.38. The number of primary amides is 1. The molecule has 0 radical (unpaired) electrons. The van der Waals surface area contributed by atoms with E-state index in [1.54, 1.807) is 0 Å². The highest BCUT2D eigenvalue weighted by atomic mass is 35.5. The van der Waals surface area contributed by atoms with Gasteiger partial charge in [-0.05, 0) is 74.7 Å². The van der Waals surface area contributed by atoms with Crippen LogP contribution in [0.5, 0.6) is 0 Å². The van der Waals surface area contributed by atoms with E-state index in [4.69, 9.17) is 17.2 Å². The summed E-state index contributed by atoms with van der Waals surface area (Å²) in [6.45, 7) is 0.350. The highest BCUT2D eigenvalue weighted by Crippen LogP contribution is 2.60. The van der Waals surface area contributed by atoms with E-state index in [1.807, 2.05) is 30.3 Å². The molecule has 10 heteroatoms. The first-order valence-electron chi connectivity index (χ1n) is 12.7. The molecule has 0 spiro atoms.